The SMILES string of the molecule is CCNC(=NCCc1nnc2n1CCCCC2)NCCc1ccccc1Cl.I. The standard InChI is InChI=1S/C20H29ClN6.HI/c1-2-22-20(23-13-11-16-8-5-6-9-17(16)21)24-14-12-19-26-25-18-10-4-3-7-15-27(18)19;/h5-6,8-9H,2-4,7,10-15H2,1H3,(H2,22,23,24);1H. The number of hydrogen-bond donors (Lipinski definition) is 2. The number of hydrogen-bond acceptors (Lipinski definition) is 3. The van der Waals surface area contributed by atoms with Crippen molar-refractivity contribution in [2.24, 2.45) is 4.99 Å². The maximum Gasteiger partial charge on any atom is 0.191 e. The topological polar surface area (TPSA) is 67.1 Å². The average Bonchev–Trinajstić information content (AvgIpc) is 2.90. The number of nitrogens with zero attached hydrogens (tertiary/aromatic N) is 4. The minimum atomic E-state index is 0. The van der Waals surface area contributed by atoms with Gasteiger partial charge < -0.3 is 15.2 Å². The molecule has 1 aliphatic heterocycles. The van der Waals surface area contributed by atoms with Crippen LogP contribution < -0.4 is 10.6 Å². The molecular formula is C20H30ClIN6. The molecule has 2 aromatic rings. The highest BCUT2D eigenvalue weighted by atomic mass is 127. The molecule has 6 nitrogen and oxygen atoms in total. The van der Waals surface area contributed by atoms with Gasteiger partial charge in [-0.2, -0.15) is 0 Å². The first-order valence-corrected chi connectivity index (χ1v) is 10.3. The van der Waals surface area contributed by atoms with E-state index in [2.05, 4.69) is 38.4 Å². The quantitative estimate of drug-likeness (QED) is 0.335. The van der Waals surface area contributed by atoms with E-state index in [0.717, 1.165) is 67.1 Å². The fraction of sp³-hybridized carbons (Fsp3) is 0.550. The summed E-state index contributed by atoms with van der Waals surface area (Å²) >= 11 is 6.22. The minimum absolute atomic E-state index is 0. The molecule has 1 aromatic carbocycles. The van der Waals surface area contributed by atoms with Gasteiger partial charge in [0.2, 0.25) is 0 Å². The van der Waals surface area contributed by atoms with Crippen molar-refractivity contribution in [1.82, 2.24) is 25.4 Å². The van der Waals surface area contributed by atoms with E-state index in [4.69, 9.17) is 16.6 Å². The van der Waals surface area contributed by atoms with Crippen LogP contribution in [0.2, 0.25) is 5.02 Å². The number of halogens is 2. The molecular weight excluding hydrogens is 487 g/mol. The zero-order valence-corrected chi connectivity index (χ0v) is 19.5. The zero-order chi connectivity index (χ0) is 18.9. The van der Waals surface area contributed by atoms with Crippen LogP contribution in [-0.4, -0.2) is 40.4 Å². The molecule has 2 heterocycles. The van der Waals surface area contributed by atoms with Crippen LogP contribution in [0.5, 0.6) is 0 Å². The molecule has 0 atom stereocenters. The highest BCUT2D eigenvalue weighted by Gasteiger charge is 2.14. The summed E-state index contributed by atoms with van der Waals surface area (Å²) in [7, 11) is 0. The molecule has 0 aliphatic carbocycles. The highest BCUT2D eigenvalue weighted by Crippen LogP contribution is 2.15. The molecule has 0 unspecified atom stereocenters. The van der Waals surface area contributed by atoms with Gasteiger partial charge in [0.05, 0.1) is 0 Å². The van der Waals surface area contributed by atoms with E-state index in [-0.39, 0.29) is 24.0 Å². The molecule has 1 aromatic heterocycles. The summed E-state index contributed by atoms with van der Waals surface area (Å²) in [6.07, 6.45) is 6.43. The molecule has 154 valence electrons. The van der Waals surface area contributed by atoms with Crippen LogP contribution in [0.25, 0.3) is 0 Å². The summed E-state index contributed by atoms with van der Waals surface area (Å²) in [5, 5.41) is 16.2. The number of aromatic nitrogens is 3. The van der Waals surface area contributed by atoms with Crippen molar-refractivity contribution in [2.45, 2.75) is 52.0 Å². The van der Waals surface area contributed by atoms with Crippen LogP contribution in [0.4, 0.5) is 0 Å². The molecule has 0 bridgehead atoms. The number of benzene rings is 1. The van der Waals surface area contributed by atoms with Gasteiger partial charge in [-0.1, -0.05) is 36.2 Å². The Labute approximate surface area is 189 Å². The Balaban J connectivity index is 0.00000280. The first-order valence-electron chi connectivity index (χ1n) is 9.94. The normalized spacial score (nSPS) is 14.0. The van der Waals surface area contributed by atoms with Crippen LogP contribution in [0.15, 0.2) is 29.3 Å². The molecule has 2 N–H and O–H groups in total. The zero-order valence-electron chi connectivity index (χ0n) is 16.5. The van der Waals surface area contributed by atoms with Gasteiger partial charge in [-0.05, 0) is 37.8 Å². The molecule has 3 rings (SSSR count). The Kier molecular flexibility index (Phi) is 10.0. The summed E-state index contributed by atoms with van der Waals surface area (Å²) in [6, 6.07) is 7.96. The molecule has 0 saturated heterocycles. The first kappa shape index (κ1) is 22.9. The molecule has 0 saturated carbocycles. The van der Waals surface area contributed by atoms with Crippen molar-refractivity contribution in [3.8, 4) is 0 Å². The van der Waals surface area contributed by atoms with Crippen molar-refractivity contribution in [3.63, 3.8) is 0 Å². The Morgan fingerprint density at radius 1 is 1.14 bits per heavy atom. The first-order chi connectivity index (χ1) is 13.3. The second-order valence-electron chi connectivity index (χ2n) is 6.77. The van der Waals surface area contributed by atoms with Crippen LogP contribution in [-0.2, 0) is 25.8 Å². The third-order valence-electron chi connectivity index (χ3n) is 4.78. The van der Waals surface area contributed by atoms with E-state index in [1.165, 1.54) is 19.3 Å². The van der Waals surface area contributed by atoms with Crippen molar-refractivity contribution in [2.75, 3.05) is 19.6 Å². The highest BCUT2D eigenvalue weighted by molar-refractivity contribution is 14.0. The van der Waals surface area contributed by atoms with Gasteiger partial charge >= 0.3 is 0 Å². The monoisotopic (exact) mass is 516 g/mol. The van der Waals surface area contributed by atoms with Crippen LogP contribution in [0.1, 0.15) is 43.4 Å². The summed E-state index contributed by atoms with van der Waals surface area (Å²) in [5.41, 5.74) is 1.15. The van der Waals surface area contributed by atoms with Gasteiger partial charge in [0, 0.05) is 44.0 Å². The number of fused-ring (bicyclic) bond motifs is 1. The smallest absolute Gasteiger partial charge is 0.191 e. The van der Waals surface area contributed by atoms with E-state index < -0.39 is 0 Å². The van der Waals surface area contributed by atoms with Gasteiger partial charge in [-0.25, -0.2) is 0 Å². The molecule has 0 amide bonds. The Morgan fingerprint density at radius 3 is 2.82 bits per heavy atom. The summed E-state index contributed by atoms with van der Waals surface area (Å²) in [5.74, 6) is 3.03. The summed E-state index contributed by atoms with van der Waals surface area (Å²) in [6.45, 7) is 5.43. The Hall–Kier alpha value is -1.35. The van der Waals surface area contributed by atoms with E-state index in [9.17, 15) is 0 Å². The second-order valence-corrected chi connectivity index (χ2v) is 7.18. The fourth-order valence-corrected chi connectivity index (χ4v) is 3.59. The van der Waals surface area contributed by atoms with Gasteiger partial charge in [-0.15, -0.1) is 34.2 Å². The van der Waals surface area contributed by atoms with Gasteiger partial charge in [-0.3, -0.25) is 4.99 Å². The summed E-state index contributed by atoms with van der Waals surface area (Å²) in [4.78, 5) is 4.69. The lowest BCUT2D eigenvalue weighted by Crippen LogP contribution is -2.38. The number of guanidine groups is 1. The molecule has 1 aliphatic rings. The summed E-state index contributed by atoms with van der Waals surface area (Å²) < 4.78 is 2.29. The number of aliphatic imine (C=N–C) groups is 1. The third kappa shape index (κ3) is 6.62. The van der Waals surface area contributed by atoms with Gasteiger partial charge in [0.15, 0.2) is 5.96 Å². The lowest BCUT2D eigenvalue weighted by atomic mass is 10.1. The van der Waals surface area contributed by atoms with E-state index in [0.29, 0.717) is 6.54 Å². The number of nitrogens with one attached hydrogen (secondary N) is 2. The molecule has 0 radical (unpaired) electrons. The lowest BCUT2D eigenvalue weighted by Gasteiger charge is -2.12. The van der Waals surface area contributed by atoms with Crippen molar-refractivity contribution in [3.05, 3.63) is 46.5 Å². The van der Waals surface area contributed by atoms with E-state index in [1.807, 2.05) is 18.2 Å². The van der Waals surface area contributed by atoms with Gasteiger partial charge in [0.1, 0.15) is 11.6 Å². The van der Waals surface area contributed by atoms with E-state index >= 15 is 0 Å². The number of rotatable bonds is 7. The molecule has 8 heteroatoms. The predicted octanol–water partition coefficient (Wildman–Crippen LogP) is 3.62. The van der Waals surface area contributed by atoms with Crippen LogP contribution >= 0.6 is 35.6 Å². The number of aryl methyl sites for hydroxylation is 1. The van der Waals surface area contributed by atoms with Gasteiger partial charge in [0.25, 0.3) is 0 Å². The maximum absolute atomic E-state index is 6.22. The molecule has 0 fully saturated rings. The molecule has 0 spiro atoms. The van der Waals surface area contributed by atoms with Crippen LogP contribution in [0, 0.1) is 0 Å². The Morgan fingerprint density at radius 2 is 2.00 bits per heavy atom. The van der Waals surface area contributed by atoms with Crippen molar-refractivity contribution in [1.29, 1.82) is 0 Å². The average molecular weight is 517 g/mol. The molecule has 28 heavy (non-hydrogen) atoms. The minimum Gasteiger partial charge on any atom is -0.357 e. The van der Waals surface area contributed by atoms with Crippen molar-refractivity contribution >= 4 is 41.5 Å². The van der Waals surface area contributed by atoms with Crippen molar-refractivity contribution < 1.29 is 0 Å². The largest absolute Gasteiger partial charge is 0.357 e. The second kappa shape index (κ2) is 12.3. The maximum atomic E-state index is 6.22. The predicted molar refractivity (Wildman–Crippen MR) is 126 cm³/mol. The Bertz CT molecular complexity index is 761. The van der Waals surface area contributed by atoms with E-state index in [1.54, 1.807) is 0 Å². The van der Waals surface area contributed by atoms with Crippen LogP contribution in [0.3, 0.4) is 0 Å². The lowest BCUT2D eigenvalue weighted by molar-refractivity contribution is 0.604. The fourth-order valence-electron chi connectivity index (χ4n) is 3.36. The third-order valence-corrected chi connectivity index (χ3v) is 5.15.